The topological polar surface area (TPSA) is 116 Å². The van der Waals surface area contributed by atoms with Gasteiger partial charge in [0.15, 0.2) is 0 Å². The summed E-state index contributed by atoms with van der Waals surface area (Å²) in [5.74, 6) is -1.65. The van der Waals surface area contributed by atoms with Gasteiger partial charge in [-0.3, -0.25) is 24.2 Å². The van der Waals surface area contributed by atoms with Crippen LogP contribution in [0.1, 0.15) is 48.0 Å². The molecule has 1 saturated carbocycles. The molecule has 1 aliphatic carbocycles. The predicted molar refractivity (Wildman–Crippen MR) is 177 cm³/mol. The molecule has 0 spiro atoms. The van der Waals surface area contributed by atoms with Crippen LogP contribution in [0.3, 0.4) is 0 Å². The molecule has 2 amide bonds. The summed E-state index contributed by atoms with van der Waals surface area (Å²) >= 11 is 6.57. The maximum atomic E-state index is 13.8. The number of rotatable bonds is 10. The Bertz CT molecular complexity index is 1650. The van der Waals surface area contributed by atoms with Crippen molar-refractivity contribution in [3.05, 3.63) is 64.9 Å². The normalized spacial score (nSPS) is 24.0. The number of likely N-dealkylation sites (tertiary alicyclic amines) is 1. The number of benzene rings is 2. The Kier molecular flexibility index (Phi) is 10.8. The van der Waals surface area contributed by atoms with Gasteiger partial charge in [-0.15, -0.1) is 0 Å². The molecule has 3 fully saturated rings. The van der Waals surface area contributed by atoms with Crippen molar-refractivity contribution >= 4 is 46.0 Å². The summed E-state index contributed by atoms with van der Waals surface area (Å²) < 4.78 is 50.6. The SMILES string of the molecule is O=C(Nc1ccc(CC(=O)N2C[C@@H](N3CCN(CC(F)(F)F)CC3)C[C@H]2COC2CCC(C(=O)O)CC2)cc1Cl)c1coc2ccccc12. The van der Waals surface area contributed by atoms with Crippen LogP contribution in [0.4, 0.5) is 18.9 Å². The van der Waals surface area contributed by atoms with Gasteiger partial charge in [-0.2, -0.15) is 13.2 Å². The molecule has 3 aliphatic rings. The number of aliphatic carboxylic acids is 1. The molecule has 10 nitrogen and oxygen atoms in total. The van der Waals surface area contributed by atoms with Gasteiger partial charge in [0, 0.05) is 44.2 Å². The number of hydrogen-bond donors (Lipinski definition) is 2. The van der Waals surface area contributed by atoms with Crippen molar-refractivity contribution < 1.29 is 41.8 Å². The van der Waals surface area contributed by atoms with Gasteiger partial charge in [0.1, 0.15) is 11.8 Å². The first-order valence-corrected chi connectivity index (χ1v) is 17.0. The van der Waals surface area contributed by atoms with E-state index in [0.717, 1.165) is 0 Å². The fraction of sp³-hybridized carbons (Fsp3) is 0.514. The highest BCUT2D eigenvalue weighted by Crippen LogP contribution is 2.31. The van der Waals surface area contributed by atoms with E-state index >= 15 is 0 Å². The van der Waals surface area contributed by atoms with Crippen molar-refractivity contribution in [1.29, 1.82) is 0 Å². The lowest BCUT2D eigenvalue weighted by Gasteiger charge is -2.38. The van der Waals surface area contributed by atoms with E-state index in [-0.39, 0.29) is 47.4 Å². The second kappa shape index (κ2) is 15.1. The zero-order chi connectivity index (χ0) is 34.7. The van der Waals surface area contributed by atoms with Gasteiger partial charge in [-0.05, 0) is 55.9 Å². The molecule has 0 radical (unpaired) electrons. The first-order chi connectivity index (χ1) is 23.4. The molecule has 2 saturated heterocycles. The third-order valence-electron chi connectivity index (χ3n) is 9.95. The number of carboxylic acids is 1. The Morgan fingerprint density at radius 1 is 1.02 bits per heavy atom. The number of nitrogens with zero attached hydrogens (tertiary/aromatic N) is 3. The van der Waals surface area contributed by atoms with Crippen molar-refractivity contribution in [1.82, 2.24) is 14.7 Å². The minimum absolute atomic E-state index is 0.0199. The van der Waals surface area contributed by atoms with Crippen LogP contribution in [0.15, 0.2) is 53.1 Å². The summed E-state index contributed by atoms with van der Waals surface area (Å²) in [5, 5.41) is 13.1. The van der Waals surface area contributed by atoms with E-state index in [1.165, 1.54) is 11.2 Å². The molecule has 0 bridgehead atoms. The number of fused-ring (bicyclic) bond motifs is 1. The molecule has 264 valence electrons. The molecule has 1 aromatic heterocycles. The number of alkyl halides is 3. The Labute approximate surface area is 287 Å². The van der Waals surface area contributed by atoms with Gasteiger partial charge in [0.2, 0.25) is 5.91 Å². The molecule has 2 N–H and O–H groups in total. The molecule has 3 heterocycles. The van der Waals surface area contributed by atoms with Crippen molar-refractivity contribution in [3.8, 4) is 0 Å². The Balaban J connectivity index is 1.09. The number of amides is 2. The van der Waals surface area contributed by atoms with Crippen LogP contribution in [-0.4, -0.2) is 108 Å². The van der Waals surface area contributed by atoms with Crippen LogP contribution < -0.4 is 5.32 Å². The van der Waals surface area contributed by atoms with Gasteiger partial charge in [0.25, 0.3) is 5.91 Å². The highest BCUT2D eigenvalue weighted by atomic mass is 35.5. The largest absolute Gasteiger partial charge is 0.481 e. The molecule has 6 rings (SSSR count). The fourth-order valence-electron chi connectivity index (χ4n) is 7.27. The quantitative estimate of drug-likeness (QED) is 0.277. The smallest absolute Gasteiger partial charge is 0.401 e. The van der Waals surface area contributed by atoms with Crippen LogP contribution in [0.5, 0.6) is 0 Å². The van der Waals surface area contributed by atoms with Crippen LogP contribution >= 0.6 is 11.6 Å². The number of furan rings is 1. The van der Waals surface area contributed by atoms with Crippen LogP contribution in [0, 0.1) is 5.92 Å². The van der Waals surface area contributed by atoms with E-state index < -0.39 is 18.7 Å². The molecule has 2 atom stereocenters. The van der Waals surface area contributed by atoms with Crippen LogP contribution in [-0.2, 0) is 20.7 Å². The monoisotopic (exact) mass is 704 g/mol. The lowest BCUT2D eigenvalue weighted by Crippen LogP contribution is -2.52. The first-order valence-electron chi connectivity index (χ1n) is 16.7. The number of hydrogen-bond acceptors (Lipinski definition) is 7. The molecule has 2 aliphatic heterocycles. The average Bonchev–Trinajstić information content (AvgIpc) is 3.70. The Morgan fingerprint density at radius 3 is 2.45 bits per heavy atom. The minimum Gasteiger partial charge on any atom is -0.481 e. The van der Waals surface area contributed by atoms with Gasteiger partial charge in [-0.1, -0.05) is 35.9 Å². The van der Waals surface area contributed by atoms with Gasteiger partial charge in [-0.25, -0.2) is 0 Å². The molecular formula is C35H40ClF3N4O6. The number of para-hydroxylation sites is 1. The Hall–Kier alpha value is -3.65. The third kappa shape index (κ3) is 8.75. The van der Waals surface area contributed by atoms with E-state index in [2.05, 4.69) is 10.2 Å². The molecule has 14 heteroatoms. The lowest BCUT2D eigenvalue weighted by atomic mass is 9.87. The maximum Gasteiger partial charge on any atom is 0.401 e. The number of piperazine rings is 1. The molecule has 2 aromatic carbocycles. The minimum atomic E-state index is -4.24. The highest BCUT2D eigenvalue weighted by Gasteiger charge is 2.40. The summed E-state index contributed by atoms with van der Waals surface area (Å²) in [6.07, 6.45) is 0.138. The second-order valence-electron chi connectivity index (χ2n) is 13.3. The third-order valence-corrected chi connectivity index (χ3v) is 10.3. The van der Waals surface area contributed by atoms with Crippen molar-refractivity contribution in [2.75, 3.05) is 51.2 Å². The molecule has 3 aromatic rings. The van der Waals surface area contributed by atoms with Crippen molar-refractivity contribution in [2.24, 2.45) is 5.92 Å². The van der Waals surface area contributed by atoms with E-state index in [1.807, 2.05) is 17.0 Å². The second-order valence-corrected chi connectivity index (χ2v) is 13.7. The van der Waals surface area contributed by atoms with Crippen molar-refractivity contribution in [2.45, 2.75) is 62.9 Å². The zero-order valence-electron chi connectivity index (χ0n) is 27.0. The average molecular weight is 705 g/mol. The maximum absolute atomic E-state index is 13.8. The predicted octanol–water partition coefficient (Wildman–Crippen LogP) is 5.69. The molecule has 0 unspecified atom stereocenters. The number of ether oxygens (including phenoxy) is 1. The van der Waals surface area contributed by atoms with Gasteiger partial charge < -0.3 is 24.5 Å². The van der Waals surface area contributed by atoms with Crippen molar-refractivity contribution in [3.63, 3.8) is 0 Å². The number of halogens is 4. The van der Waals surface area contributed by atoms with E-state index in [9.17, 15) is 32.7 Å². The number of carboxylic acid groups (broad SMARTS) is 1. The van der Waals surface area contributed by atoms with Crippen LogP contribution in [0.2, 0.25) is 5.02 Å². The van der Waals surface area contributed by atoms with E-state index in [1.54, 1.807) is 30.3 Å². The number of carbonyl (C=O) groups is 3. The molecule has 49 heavy (non-hydrogen) atoms. The molecular weight excluding hydrogens is 665 g/mol. The summed E-state index contributed by atoms with van der Waals surface area (Å²) in [4.78, 5) is 43.6. The van der Waals surface area contributed by atoms with Gasteiger partial charge in [0.05, 0.1) is 53.9 Å². The summed E-state index contributed by atoms with van der Waals surface area (Å²) in [7, 11) is 0. The summed E-state index contributed by atoms with van der Waals surface area (Å²) in [5.41, 5.74) is 2.02. The summed E-state index contributed by atoms with van der Waals surface area (Å²) in [6, 6.07) is 12.0. The Morgan fingerprint density at radius 2 is 1.76 bits per heavy atom. The van der Waals surface area contributed by atoms with E-state index in [4.69, 9.17) is 20.8 Å². The number of carbonyl (C=O) groups excluding carboxylic acids is 2. The van der Waals surface area contributed by atoms with Crippen LogP contribution in [0.25, 0.3) is 11.0 Å². The van der Waals surface area contributed by atoms with Gasteiger partial charge >= 0.3 is 12.1 Å². The first kappa shape index (κ1) is 35.2. The zero-order valence-corrected chi connectivity index (χ0v) is 27.7. The highest BCUT2D eigenvalue weighted by molar-refractivity contribution is 6.34. The number of nitrogens with one attached hydrogen (secondary N) is 1. The lowest BCUT2D eigenvalue weighted by molar-refractivity contribution is -0.150. The standard InChI is InChI=1S/C35H40ClF3N4O6/c36-29-15-22(5-10-30(29)40-33(45)28-20-49-31-4-2-1-3-27(28)31)16-32(44)43-18-24(42-13-11-41(12-14-42)21-35(37,38)39)17-25(43)19-48-26-8-6-23(7-9-26)34(46)47/h1-5,10,15,20,23-26H,6-9,11-14,16-19,21H2,(H,40,45)(H,46,47)/t23?,24-,25-,26?/m0/s1. The van der Waals surface area contributed by atoms with E-state index in [0.29, 0.717) is 99.2 Å². The summed E-state index contributed by atoms with van der Waals surface area (Å²) in [6.45, 7) is 1.36. The number of anilines is 1. The fourth-order valence-corrected chi connectivity index (χ4v) is 7.52.